The van der Waals surface area contributed by atoms with Crippen molar-refractivity contribution in [3.05, 3.63) is 41.1 Å². The van der Waals surface area contributed by atoms with E-state index >= 15 is 0 Å². The minimum absolute atomic E-state index is 0.114. The molecule has 3 heterocycles. The first-order valence-electron chi connectivity index (χ1n) is 8.61. The van der Waals surface area contributed by atoms with Crippen LogP contribution in [-0.4, -0.2) is 34.1 Å². The van der Waals surface area contributed by atoms with Crippen LogP contribution in [0.15, 0.2) is 29.0 Å². The summed E-state index contributed by atoms with van der Waals surface area (Å²) in [5.41, 5.74) is 1.62. The molecule has 0 aliphatic carbocycles. The third kappa shape index (κ3) is 3.44. The van der Waals surface area contributed by atoms with E-state index in [0.717, 1.165) is 16.9 Å². The molecule has 1 aliphatic heterocycles. The predicted molar refractivity (Wildman–Crippen MR) is 99.3 cm³/mol. The third-order valence-corrected chi connectivity index (χ3v) is 5.09. The number of hydrogen-bond acceptors (Lipinski definition) is 6. The molecule has 140 valence electrons. The fourth-order valence-electron chi connectivity index (χ4n) is 3.32. The van der Waals surface area contributed by atoms with Crippen molar-refractivity contribution in [2.45, 2.75) is 19.8 Å². The van der Waals surface area contributed by atoms with Gasteiger partial charge in [-0.3, -0.25) is 4.79 Å². The van der Waals surface area contributed by atoms with E-state index in [9.17, 15) is 9.18 Å². The average Bonchev–Trinajstić information content (AvgIpc) is 3.05. The number of benzene rings is 1. The molecule has 1 saturated heterocycles. The smallest absolute Gasteiger partial charge is 0.263 e. The van der Waals surface area contributed by atoms with Crippen molar-refractivity contribution in [2.75, 3.05) is 23.3 Å². The van der Waals surface area contributed by atoms with Gasteiger partial charge in [0, 0.05) is 19.0 Å². The van der Waals surface area contributed by atoms with Crippen molar-refractivity contribution in [3.63, 3.8) is 0 Å². The molecule has 4 rings (SSSR count). The molecule has 7 nitrogen and oxygen atoms in total. The van der Waals surface area contributed by atoms with Gasteiger partial charge in [0.05, 0.1) is 16.4 Å². The summed E-state index contributed by atoms with van der Waals surface area (Å²) in [5.74, 6) is 0.0751. The number of carbonyl (C=O) groups is 1. The molecule has 1 fully saturated rings. The molecule has 9 heteroatoms. The number of hydrogen-bond donors (Lipinski definition) is 1. The van der Waals surface area contributed by atoms with Crippen molar-refractivity contribution >= 4 is 40.1 Å². The van der Waals surface area contributed by atoms with Crippen LogP contribution < -0.4 is 10.2 Å². The molecule has 1 N–H and O–H groups in total. The van der Waals surface area contributed by atoms with E-state index in [2.05, 4.69) is 25.3 Å². The van der Waals surface area contributed by atoms with Crippen LogP contribution >= 0.6 is 11.6 Å². The summed E-state index contributed by atoms with van der Waals surface area (Å²) < 4.78 is 18.3. The zero-order chi connectivity index (χ0) is 19.0. The molecule has 0 unspecified atom stereocenters. The van der Waals surface area contributed by atoms with Gasteiger partial charge in [-0.1, -0.05) is 16.8 Å². The Morgan fingerprint density at radius 1 is 1.33 bits per heavy atom. The van der Waals surface area contributed by atoms with E-state index < -0.39 is 5.82 Å². The second kappa shape index (κ2) is 7.11. The number of nitrogens with one attached hydrogen (secondary N) is 1. The monoisotopic (exact) mass is 389 g/mol. The summed E-state index contributed by atoms with van der Waals surface area (Å²) in [4.78, 5) is 23.1. The molecular formula is C18H17ClFN5O2. The Kier molecular flexibility index (Phi) is 4.65. The highest BCUT2D eigenvalue weighted by Gasteiger charge is 2.28. The first-order chi connectivity index (χ1) is 13.0. The third-order valence-electron chi connectivity index (χ3n) is 4.78. The van der Waals surface area contributed by atoms with Crippen molar-refractivity contribution < 1.29 is 13.7 Å². The number of rotatable bonds is 3. The SMILES string of the molecule is Cc1noc2ncnc(N3CCC(C(=O)Nc4ccc(F)cc4Cl)CC3)c12. The lowest BCUT2D eigenvalue weighted by Crippen LogP contribution is -2.38. The maximum atomic E-state index is 13.1. The van der Waals surface area contributed by atoms with Gasteiger partial charge in [-0.2, -0.15) is 4.98 Å². The lowest BCUT2D eigenvalue weighted by Gasteiger charge is -2.32. The molecule has 0 spiro atoms. The van der Waals surface area contributed by atoms with Gasteiger partial charge in [0.1, 0.15) is 23.3 Å². The number of piperidine rings is 1. The Bertz CT molecular complexity index is 1000. The van der Waals surface area contributed by atoms with E-state index in [1.807, 2.05) is 6.92 Å². The topological polar surface area (TPSA) is 84.2 Å². The molecule has 1 aromatic carbocycles. The molecule has 0 atom stereocenters. The van der Waals surface area contributed by atoms with Crippen LogP contribution in [0.5, 0.6) is 0 Å². The highest BCUT2D eigenvalue weighted by atomic mass is 35.5. The number of fused-ring (bicyclic) bond motifs is 1. The van der Waals surface area contributed by atoms with Gasteiger partial charge in [-0.15, -0.1) is 0 Å². The zero-order valence-corrected chi connectivity index (χ0v) is 15.3. The van der Waals surface area contributed by atoms with E-state index in [-0.39, 0.29) is 16.8 Å². The predicted octanol–water partition coefficient (Wildman–Crippen LogP) is 3.57. The van der Waals surface area contributed by atoms with Crippen molar-refractivity contribution in [2.24, 2.45) is 5.92 Å². The highest BCUT2D eigenvalue weighted by Crippen LogP contribution is 2.30. The summed E-state index contributed by atoms with van der Waals surface area (Å²) in [6.45, 7) is 3.20. The molecule has 0 radical (unpaired) electrons. The Hall–Kier alpha value is -2.74. The molecule has 27 heavy (non-hydrogen) atoms. The molecule has 3 aromatic rings. The summed E-state index contributed by atoms with van der Waals surface area (Å²) in [6.07, 6.45) is 2.79. The van der Waals surface area contributed by atoms with Gasteiger partial charge in [0.15, 0.2) is 0 Å². The summed E-state index contributed by atoms with van der Waals surface area (Å²) >= 11 is 5.98. The Morgan fingerprint density at radius 2 is 2.11 bits per heavy atom. The molecule has 2 aromatic heterocycles. The number of halogens is 2. The van der Waals surface area contributed by atoms with Gasteiger partial charge in [0.25, 0.3) is 5.71 Å². The molecule has 0 bridgehead atoms. The summed E-state index contributed by atoms with van der Waals surface area (Å²) in [6, 6.07) is 3.92. The second-order valence-corrected chi connectivity index (χ2v) is 6.93. The minimum atomic E-state index is -0.438. The van der Waals surface area contributed by atoms with Crippen molar-refractivity contribution in [3.8, 4) is 0 Å². The lowest BCUT2D eigenvalue weighted by atomic mass is 9.95. The Labute approximate surface area is 159 Å². The fourth-order valence-corrected chi connectivity index (χ4v) is 3.54. The summed E-state index contributed by atoms with van der Waals surface area (Å²) in [7, 11) is 0. The maximum Gasteiger partial charge on any atom is 0.263 e. The van der Waals surface area contributed by atoms with Crippen LogP contribution in [-0.2, 0) is 4.79 Å². The quantitative estimate of drug-likeness (QED) is 0.737. The first kappa shape index (κ1) is 17.7. The number of amides is 1. The highest BCUT2D eigenvalue weighted by molar-refractivity contribution is 6.33. The molecule has 1 amide bonds. The normalized spacial score (nSPS) is 15.3. The van der Waals surface area contributed by atoms with Crippen LogP contribution in [0, 0.1) is 18.7 Å². The van der Waals surface area contributed by atoms with Crippen LogP contribution in [0.25, 0.3) is 11.1 Å². The Morgan fingerprint density at radius 3 is 2.85 bits per heavy atom. The number of anilines is 2. The largest absolute Gasteiger partial charge is 0.356 e. The van der Waals surface area contributed by atoms with Crippen LogP contribution in [0.4, 0.5) is 15.9 Å². The second-order valence-electron chi connectivity index (χ2n) is 6.52. The average molecular weight is 390 g/mol. The van der Waals surface area contributed by atoms with Gasteiger partial charge < -0.3 is 14.7 Å². The van der Waals surface area contributed by atoms with Crippen molar-refractivity contribution in [1.82, 2.24) is 15.1 Å². The van der Waals surface area contributed by atoms with E-state index in [1.54, 1.807) is 0 Å². The standard InChI is InChI=1S/C18H17ClFN5O2/c1-10-15-16(21-9-22-18(15)27-24-10)25-6-4-11(5-7-25)17(26)23-14-3-2-12(20)8-13(14)19/h2-3,8-9,11H,4-7H2,1H3,(H,23,26). The van der Waals surface area contributed by atoms with Crippen molar-refractivity contribution in [1.29, 1.82) is 0 Å². The number of nitrogens with zero attached hydrogens (tertiary/aromatic N) is 4. The minimum Gasteiger partial charge on any atom is -0.356 e. The van der Waals surface area contributed by atoms with Gasteiger partial charge in [-0.25, -0.2) is 9.37 Å². The van der Waals surface area contributed by atoms with E-state index in [0.29, 0.717) is 37.3 Å². The molecular weight excluding hydrogens is 373 g/mol. The van der Waals surface area contributed by atoms with E-state index in [4.69, 9.17) is 16.1 Å². The number of carbonyl (C=O) groups excluding carboxylic acids is 1. The number of aryl methyl sites for hydroxylation is 1. The molecule has 0 saturated carbocycles. The maximum absolute atomic E-state index is 13.1. The van der Waals surface area contributed by atoms with Crippen LogP contribution in [0.1, 0.15) is 18.5 Å². The lowest BCUT2D eigenvalue weighted by molar-refractivity contribution is -0.120. The first-order valence-corrected chi connectivity index (χ1v) is 8.98. The van der Waals surface area contributed by atoms with Gasteiger partial charge >= 0.3 is 0 Å². The Balaban J connectivity index is 1.44. The van der Waals surface area contributed by atoms with Crippen LogP contribution in [0.3, 0.4) is 0 Å². The van der Waals surface area contributed by atoms with Crippen LogP contribution in [0.2, 0.25) is 5.02 Å². The van der Waals surface area contributed by atoms with Gasteiger partial charge in [-0.05, 0) is 38.0 Å². The summed E-state index contributed by atoms with van der Waals surface area (Å²) in [5, 5.41) is 7.73. The van der Waals surface area contributed by atoms with E-state index in [1.165, 1.54) is 24.5 Å². The number of aromatic nitrogens is 3. The zero-order valence-electron chi connectivity index (χ0n) is 14.6. The fraction of sp³-hybridized carbons (Fsp3) is 0.333. The molecule has 1 aliphatic rings. The van der Waals surface area contributed by atoms with Gasteiger partial charge in [0.2, 0.25) is 5.91 Å².